The Hall–Kier alpha value is -1.26. The molecular weight excluding hydrogens is 240 g/mol. The maximum Gasteiger partial charge on any atom is 0.161 e. The molecule has 0 aliphatic carbocycles. The van der Waals surface area contributed by atoms with E-state index in [1.54, 1.807) is 0 Å². The van der Waals surface area contributed by atoms with E-state index >= 15 is 0 Å². The first kappa shape index (κ1) is 14.2. The first-order chi connectivity index (χ1) is 9.15. The monoisotopic (exact) mass is 264 g/mol. The number of fused-ring (bicyclic) bond motifs is 1. The van der Waals surface area contributed by atoms with Gasteiger partial charge in [-0.1, -0.05) is 26.0 Å². The lowest BCUT2D eigenvalue weighted by atomic mass is 10.0. The molecule has 19 heavy (non-hydrogen) atoms. The van der Waals surface area contributed by atoms with E-state index in [1.165, 1.54) is 0 Å². The average Bonchev–Trinajstić information content (AvgIpc) is 2.37. The van der Waals surface area contributed by atoms with E-state index in [2.05, 4.69) is 19.2 Å². The number of para-hydroxylation sites is 2. The first-order valence-electron chi connectivity index (χ1n) is 7.00. The molecule has 0 bridgehead atoms. The van der Waals surface area contributed by atoms with Crippen molar-refractivity contribution < 1.29 is 9.47 Å². The van der Waals surface area contributed by atoms with E-state index in [9.17, 15) is 0 Å². The number of rotatable bonds is 6. The summed E-state index contributed by atoms with van der Waals surface area (Å²) in [5.41, 5.74) is 6.03. The number of ether oxygens (including phenoxy) is 2. The van der Waals surface area contributed by atoms with Crippen molar-refractivity contribution in [2.75, 3.05) is 19.7 Å². The summed E-state index contributed by atoms with van der Waals surface area (Å²) in [5, 5.41) is 3.36. The SMILES string of the molecule is CC(C)CC(N)CNCC1COc2ccccc2O1. The Balaban J connectivity index is 1.71. The largest absolute Gasteiger partial charge is 0.486 e. The summed E-state index contributed by atoms with van der Waals surface area (Å²) in [4.78, 5) is 0. The van der Waals surface area contributed by atoms with Gasteiger partial charge in [-0.05, 0) is 24.5 Å². The summed E-state index contributed by atoms with van der Waals surface area (Å²) in [6.45, 7) is 6.55. The van der Waals surface area contributed by atoms with Crippen LogP contribution in [-0.2, 0) is 0 Å². The third kappa shape index (κ3) is 4.40. The molecule has 1 aromatic carbocycles. The van der Waals surface area contributed by atoms with E-state index in [-0.39, 0.29) is 12.1 Å². The first-order valence-corrected chi connectivity index (χ1v) is 7.00. The fourth-order valence-corrected chi connectivity index (χ4v) is 2.28. The highest BCUT2D eigenvalue weighted by molar-refractivity contribution is 5.40. The smallest absolute Gasteiger partial charge is 0.161 e. The van der Waals surface area contributed by atoms with Crippen LogP contribution >= 0.6 is 0 Å². The summed E-state index contributed by atoms with van der Waals surface area (Å²) in [6, 6.07) is 7.97. The third-order valence-electron chi connectivity index (χ3n) is 3.12. The molecule has 0 fully saturated rings. The molecule has 0 aromatic heterocycles. The zero-order valence-corrected chi connectivity index (χ0v) is 11.8. The number of hydrogen-bond donors (Lipinski definition) is 2. The van der Waals surface area contributed by atoms with Crippen LogP contribution in [-0.4, -0.2) is 31.8 Å². The van der Waals surface area contributed by atoms with Crippen LogP contribution in [0.2, 0.25) is 0 Å². The van der Waals surface area contributed by atoms with Gasteiger partial charge in [-0.15, -0.1) is 0 Å². The van der Waals surface area contributed by atoms with Crippen molar-refractivity contribution in [1.29, 1.82) is 0 Å². The zero-order chi connectivity index (χ0) is 13.7. The maximum absolute atomic E-state index is 6.03. The van der Waals surface area contributed by atoms with Gasteiger partial charge in [0.25, 0.3) is 0 Å². The molecule has 0 saturated heterocycles. The van der Waals surface area contributed by atoms with Crippen LogP contribution in [0, 0.1) is 5.92 Å². The Morgan fingerprint density at radius 1 is 1.32 bits per heavy atom. The van der Waals surface area contributed by atoms with Gasteiger partial charge in [0.15, 0.2) is 11.5 Å². The molecule has 4 nitrogen and oxygen atoms in total. The van der Waals surface area contributed by atoms with E-state index in [0.29, 0.717) is 12.5 Å². The second kappa shape index (κ2) is 6.78. The molecule has 1 aliphatic heterocycles. The van der Waals surface area contributed by atoms with Gasteiger partial charge in [0, 0.05) is 19.1 Å². The number of hydrogen-bond acceptors (Lipinski definition) is 4. The van der Waals surface area contributed by atoms with Gasteiger partial charge in [-0.25, -0.2) is 0 Å². The lowest BCUT2D eigenvalue weighted by molar-refractivity contribution is 0.0901. The molecule has 1 aromatic rings. The molecule has 3 N–H and O–H groups in total. The molecule has 1 heterocycles. The van der Waals surface area contributed by atoms with Crippen molar-refractivity contribution in [3.05, 3.63) is 24.3 Å². The lowest BCUT2D eigenvalue weighted by Crippen LogP contribution is -2.43. The van der Waals surface area contributed by atoms with Gasteiger partial charge >= 0.3 is 0 Å². The highest BCUT2D eigenvalue weighted by Crippen LogP contribution is 2.30. The van der Waals surface area contributed by atoms with Crippen molar-refractivity contribution in [2.45, 2.75) is 32.4 Å². The molecule has 0 radical (unpaired) electrons. The fraction of sp³-hybridized carbons (Fsp3) is 0.600. The minimum absolute atomic E-state index is 0.0566. The number of benzene rings is 1. The van der Waals surface area contributed by atoms with Gasteiger partial charge in [-0.2, -0.15) is 0 Å². The van der Waals surface area contributed by atoms with Gasteiger partial charge in [0.1, 0.15) is 12.7 Å². The molecule has 1 aliphatic rings. The molecule has 2 unspecified atom stereocenters. The highest BCUT2D eigenvalue weighted by atomic mass is 16.6. The van der Waals surface area contributed by atoms with Crippen LogP contribution in [0.1, 0.15) is 20.3 Å². The molecule has 4 heteroatoms. The van der Waals surface area contributed by atoms with Crippen molar-refractivity contribution in [2.24, 2.45) is 11.7 Å². The molecule has 2 atom stereocenters. The predicted octanol–water partition coefficient (Wildman–Crippen LogP) is 1.79. The van der Waals surface area contributed by atoms with Crippen LogP contribution in [0.3, 0.4) is 0 Å². The van der Waals surface area contributed by atoms with Crippen LogP contribution < -0.4 is 20.5 Å². The molecule has 0 amide bonds. The minimum atomic E-state index is 0.0566. The minimum Gasteiger partial charge on any atom is -0.486 e. The van der Waals surface area contributed by atoms with E-state index in [4.69, 9.17) is 15.2 Å². The lowest BCUT2D eigenvalue weighted by Gasteiger charge is -2.27. The van der Waals surface area contributed by atoms with Crippen LogP contribution in [0.15, 0.2) is 24.3 Å². The standard InChI is InChI=1S/C15H24N2O2/c1-11(2)7-12(16)8-17-9-13-10-18-14-5-3-4-6-15(14)19-13/h3-6,11-13,17H,7-10,16H2,1-2H3. The molecule has 106 valence electrons. The van der Waals surface area contributed by atoms with Crippen LogP contribution in [0.5, 0.6) is 11.5 Å². The summed E-state index contributed by atoms with van der Waals surface area (Å²) in [6.07, 6.45) is 1.10. The quantitative estimate of drug-likeness (QED) is 0.822. The Morgan fingerprint density at radius 2 is 2.05 bits per heavy atom. The normalized spacial score (nSPS) is 19.5. The van der Waals surface area contributed by atoms with E-state index in [0.717, 1.165) is 31.0 Å². The molecule has 0 saturated carbocycles. The second-order valence-electron chi connectivity index (χ2n) is 5.55. The summed E-state index contributed by atoms with van der Waals surface area (Å²) >= 11 is 0. The van der Waals surface area contributed by atoms with Crippen molar-refractivity contribution in [3.63, 3.8) is 0 Å². The predicted molar refractivity (Wildman–Crippen MR) is 76.7 cm³/mol. The van der Waals surface area contributed by atoms with E-state index in [1.807, 2.05) is 24.3 Å². The Morgan fingerprint density at radius 3 is 2.79 bits per heavy atom. The molecular formula is C15H24N2O2. The third-order valence-corrected chi connectivity index (χ3v) is 3.12. The van der Waals surface area contributed by atoms with Crippen molar-refractivity contribution in [3.8, 4) is 11.5 Å². The Labute approximate surface area is 115 Å². The average molecular weight is 264 g/mol. The zero-order valence-electron chi connectivity index (χ0n) is 11.8. The second-order valence-corrected chi connectivity index (χ2v) is 5.55. The number of nitrogens with two attached hydrogens (primary N) is 1. The van der Waals surface area contributed by atoms with Gasteiger partial charge < -0.3 is 20.5 Å². The van der Waals surface area contributed by atoms with Crippen molar-refractivity contribution in [1.82, 2.24) is 5.32 Å². The van der Waals surface area contributed by atoms with Gasteiger partial charge in [0.2, 0.25) is 0 Å². The fourth-order valence-electron chi connectivity index (χ4n) is 2.28. The van der Waals surface area contributed by atoms with Crippen LogP contribution in [0.4, 0.5) is 0 Å². The maximum atomic E-state index is 6.03. The van der Waals surface area contributed by atoms with E-state index < -0.39 is 0 Å². The number of nitrogens with one attached hydrogen (secondary N) is 1. The van der Waals surface area contributed by atoms with Crippen molar-refractivity contribution >= 4 is 0 Å². The van der Waals surface area contributed by atoms with Crippen LogP contribution in [0.25, 0.3) is 0 Å². The Bertz CT molecular complexity index is 395. The summed E-state index contributed by atoms with van der Waals surface area (Å²) < 4.78 is 11.5. The summed E-state index contributed by atoms with van der Waals surface area (Å²) in [7, 11) is 0. The highest BCUT2D eigenvalue weighted by Gasteiger charge is 2.20. The van der Waals surface area contributed by atoms with Gasteiger partial charge in [0.05, 0.1) is 0 Å². The Kier molecular flexibility index (Phi) is 5.05. The summed E-state index contributed by atoms with van der Waals surface area (Å²) in [5.74, 6) is 2.29. The molecule has 0 spiro atoms. The van der Waals surface area contributed by atoms with Gasteiger partial charge in [-0.3, -0.25) is 0 Å². The molecule has 2 rings (SSSR count). The topological polar surface area (TPSA) is 56.5 Å².